The lowest BCUT2D eigenvalue weighted by Gasteiger charge is -2.30. The minimum atomic E-state index is -1.83. The molecule has 1 unspecified atom stereocenters. The summed E-state index contributed by atoms with van der Waals surface area (Å²) >= 11 is 0. The van der Waals surface area contributed by atoms with Crippen molar-refractivity contribution in [3.63, 3.8) is 0 Å². The van der Waals surface area contributed by atoms with E-state index in [1.807, 2.05) is 0 Å². The molecule has 0 saturated carbocycles. The first-order chi connectivity index (χ1) is 5.74. The van der Waals surface area contributed by atoms with E-state index in [9.17, 15) is 0 Å². The quantitative estimate of drug-likeness (QED) is 0.663. The monoisotopic (exact) mass is 220 g/mol. The molecule has 0 bridgehead atoms. The molecule has 2 nitrogen and oxygen atoms in total. The summed E-state index contributed by atoms with van der Waals surface area (Å²) in [5, 5.41) is 0. The Morgan fingerprint density at radius 1 is 1.08 bits per heavy atom. The van der Waals surface area contributed by atoms with Crippen molar-refractivity contribution in [2.45, 2.75) is 53.1 Å². The Morgan fingerprint density at radius 2 is 1.54 bits per heavy atom. The third kappa shape index (κ3) is 6.43. The predicted octanol–water partition coefficient (Wildman–Crippen LogP) is 2.75. The first kappa shape index (κ1) is 13.4. The van der Waals surface area contributed by atoms with Crippen LogP contribution in [0.25, 0.3) is 0 Å². The summed E-state index contributed by atoms with van der Waals surface area (Å²) in [6, 6.07) is 0. The topological polar surface area (TPSA) is 18.5 Å². The molecule has 0 amide bonds. The van der Waals surface area contributed by atoms with Gasteiger partial charge in [0.2, 0.25) is 0 Å². The van der Waals surface area contributed by atoms with Gasteiger partial charge in [-0.15, -0.1) is 0 Å². The zero-order valence-corrected chi connectivity index (χ0v) is 12.2. The van der Waals surface area contributed by atoms with Gasteiger partial charge in [-0.1, -0.05) is 13.8 Å². The molecule has 0 N–H and O–H groups in total. The predicted molar refractivity (Wildman–Crippen MR) is 62.8 cm³/mol. The lowest BCUT2D eigenvalue weighted by molar-refractivity contribution is 0.132. The second kappa shape index (κ2) is 5.29. The van der Waals surface area contributed by atoms with Crippen molar-refractivity contribution < 1.29 is 8.54 Å². The third-order valence-electron chi connectivity index (χ3n) is 1.93. The van der Waals surface area contributed by atoms with E-state index in [0.29, 0.717) is 12.0 Å². The van der Waals surface area contributed by atoms with Crippen molar-refractivity contribution in [1.29, 1.82) is 0 Å². The van der Waals surface area contributed by atoms with Crippen molar-refractivity contribution in [2.24, 2.45) is 5.92 Å². The van der Waals surface area contributed by atoms with Gasteiger partial charge in [0.1, 0.15) is 0 Å². The Balaban J connectivity index is 4.00. The molecule has 0 saturated heterocycles. The molecule has 0 aromatic heterocycles. The van der Waals surface area contributed by atoms with Gasteiger partial charge in [0.15, 0.2) is 9.04 Å². The fourth-order valence-corrected chi connectivity index (χ4v) is 7.11. The van der Waals surface area contributed by atoms with Crippen LogP contribution in [0.15, 0.2) is 0 Å². The molecule has 0 heterocycles. The van der Waals surface area contributed by atoms with Gasteiger partial charge in [0.05, 0.1) is 0 Å². The highest BCUT2D eigenvalue weighted by molar-refractivity contribution is 6.72. The fourth-order valence-electron chi connectivity index (χ4n) is 1.18. The minimum absolute atomic E-state index is 0.314. The SMILES string of the molecule is CC(C)C(C)O[Si](C)(C)O[SiH](C)C. The molecule has 0 spiro atoms. The molecular formula is C9H24O2Si2. The summed E-state index contributed by atoms with van der Waals surface area (Å²) < 4.78 is 11.9. The Labute approximate surface area is 85.6 Å². The highest BCUT2D eigenvalue weighted by Gasteiger charge is 2.28. The van der Waals surface area contributed by atoms with Crippen LogP contribution in [-0.2, 0) is 8.54 Å². The van der Waals surface area contributed by atoms with E-state index in [0.717, 1.165) is 0 Å². The summed E-state index contributed by atoms with van der Waals surface area (Å²) in [5.41, 5.74) is 0. The van der Waals surface area contributed by atoms with E-state index < -0.39 is 17.6 Å². The van der Waals surface area contributed by atoms with Crippen LogP contribution in [0.4, 0.5) is 0 Å². The molecule has 0 fully saturated rings. The molecule has 0 rings (SSSR count). The maximum Gasteiger partial charge on any atom is 0.321 e. The second-order valence-electron chi connectivity index (χ2n) is 4.63. The lowest BCUT2D eigenvalue weighted by atomic mass is 10.1. The van der Waals surface area contributed by atoms with Crippen molar-refractivity contribution >= 4 is 17.6 Å². The molecule has 0 aromatic rings. The van der Waals surface area contributed by atoms with Crippen LogP contribution in [0.5, 0.6) is 0 Å². The van der Waals surface area contributed by atoms with E-state index >= 15 is 0 Å². The average molecular weight is 220 g/mol. The fraction of sp³-hybridized carbons (Fsp3) is 1.00. The summed E-state index contributed by atoms with van der Waals surface area (Å²) in [6.07, 6.45) is 0.314. The molecule has 4 heteroatoms. The van der Waals surface area contributed by atoms with Crippen molar-refractivity contribution in [2.75, 3.05) is 0 Å². The highest BCUT2D eigenvalue weighted by atomic mass is 28.4. The minimum Gasteiger partial charge on any atom is -0.439 e. The summed E-state index contributed by atoms with van der Waals surface area (Å²) in [4.78, 5) is 0. The summed E-state index contributed by atoms with van der Waals surface area (Å²) in [7, 11) is -2.78. The first-order valence-corrected chi connectivity index (χ1v) is 10.7. The van der Waals surface area contributed by atoms with Crippen LogP contribution in [0, 0.1) is 5.92 Å². The highest BCUT2D eigenvalue weighted by Crippen LogP contribution is 2.15. The van der Waals surface area contributed by atoms with Crippen molar-refractivity contribution in [1.82, 2.24) is 0 Å². The van der Waals surface area contributed by atoms with Gasteiger partial charge in [0.25, 0.3) is 0 Å². The third-order valence-corrected chi connectivity index (χ3v) is 7.02. The van der Waals surface area contributed by atoms with Gasteiger partial charge in [0, 0.05) is 6.10 Å². The van der Waals surface area contributed by atoms with Crippen LogP contribution < -0.4 is 0 Å². The molecule has 0 aliphatic rings. The lowest BCUT2D eigenvalue weighted by Crippen LogP contribution is -2.42. The normalized spacial score (nSPS) is 15.5. The zero-order valence-electron chi connectivity index (χ0n) is 10.0. The van der Waals surface area contributed by atoms with Gasteiger partial charge in [-0.05, 0) is 39.0 Å². The molecule has 1 atom stereocenters. The van der Waals surface area contributed by atoms with Crippen molar-refractivity contribution in [3.8, 4) is 0 Å². The maximum absolute atomic E-state index is 5.96. The Bertz CT molecular complexity index is 147. The molecule has 0 aliphatic heterocycles. The Kier molecular flexibility index (Phi) is 5.43. The Morgan fingerprint density at radius 3 is 1.85 bits per heavy atom. The maximum atomic E-state index is 5.96. The summed E-state index contributed by atoms with van der Waals surface area (Å²) in [6.45, 7) is 15.2. The van der Waals surface area contributed by atoms with Crippen LogP contribution in [-0.4, -0.2) is 23.7 Å². The largest absolute Gasteiger partial charge is 0.439 e. The van der Waals surface area contributed by atoms with Crippen molar-refractivity contribution in [3.05, 3.63) is 0 Å². The van der Waals surface area contributed by atoms with Gasteiger partial charge in [-0.3, -0.25) is 0 Å². The van der Waals surface area contributed by atoms with E-state index in [4.69, 9.17) is 8.54 Å². The van der Waals surface area contributed by atoms with E-state index in [2.05, 4.69) is 47.0 Å². The molecule has 13 heavy (non-hydrogen) atoms. The van der Waals surface area contributed by atoms with Crippen LogP contribution in [0.3, 0.4) is 0 Å². The molecule has 0 radical (unpaired) electrons. The second-order valence-corrected chi connectivity index (χ2v) is 10.7. The number of hydrogen-bond acceptors (Lipinski definition) is 2. The number of hydrogen-bond donors (Lipinski definition) is 0. The van der Waals surface area contributed by atoms with E-state index in [-0.39, 0.29) is 0 Å². The molecular weight excluding hydrogens is 196 g/mol. The van der Waals surface area contributed by atoms with E-state index in [1.54, 1.807) is 0 Å². The average Bonchev–Trinajstić information content (AvgIpc) is 1.81. The molecule has 0 aromatic carbocycles. The molecule has 0 aliphatic carbocycles. The Hall–Kier alpha value is 0.354. The summed E-state index contributed by atoms with van der Waals surface area (Å²) in [5.74, 6) is 0.573. The standard InChI is InChI=1S/C9H24O2Si2/c1-8(2)9(3)10-13(6,7)11-12(4)5/h8-9,12H,1-7H3. The van der Waals surface area contributed by atoms with Crippen LogP contribution in [0.1, 0.15) is 20.8 Å². The van der Waals surface area contributed by atoms with E-state index in [1.165, 1.54) is 0 Å². The van der Waals surface area contributed by atoms with Crippen LogP contribution in [0.2, 0.25) is 26.2 Å². The zero-order chi connectivity index (χ0) is 10.6. The van der Waals surface area contributed by atoms with Gasteiger partial charge in [-0.25, -0.2) is 0 Å². The molecule has 80 valence electrons. The van der Waals surface area contributed by atoms with Crippen LogP contribution >= 0.6 is 0 Å². The van der Waals surface area contributed by atoms with Gasteiger partial charge < -0.3 is 8.54 Å². The number of rotatable bonds is 5. The smallest absolute Gasteiger partial charge is 0.321 e. The first-order valence-electron chi connectivity index (χ1n) is 5.10. The van der Waals surface area contributed by atoms with Gasteiger partial charge >= 0.3 is 8.56 Å². The van der Waals surface area contributed by atoms with Gasteiger partial charge in [-0.2, -0.15) is 0 Å².